The Morgan fingerprint density at radius 2 is 1.89 bits per heavy atom. The molecule has 2 aliphatic rings. The SMILES string of the molecule is CC(=O)N(C)C.CCCc1cc(Cl)ccc1C1COc2ccc(CC(=O)OC)cc2N(CC2CCC2)C1. The van der Waals surface area contributed by atoms with Gasteiger partial charge in [0.2, 0.25) is 5.91 Å². The van der Waals surface area contributed by atoms with Crippen LogP contribution in [0.1, 0.15) is 62.1 Å². The molecule has 2 aromatic carbocycles. The van der Waals surface area contributed by atoms with Gasteiger partial charge >= 0.3 is 5.97 Å². The number of hydrogen-bond donors (Lipinski definition) is 0. The number of halogens is 1. The summed E-state index contributed by atoms with van der Waals surface area (Å²) < 4.78 is 11.2. The van der Waals surface area contributed by atoms with Crippen molar-refractivity contribution in [2.75, 3.05) is 45.8 Å². The number of benzene rings is 2. The maximum Gasteiger partial charge on any atom is 0.309 e. The van der Waals surface area contributed by atoms with Crippen molar-refractivity contribution in [2.24, 2.45) is 5.92 Å². The number of hydrogen-bond acceptors (Lipinski definition) is 5. The zero-order valence-electron chi connectivity index (χ0n) is 22.9. The summed E-state index contributed by atoms with van der Waals surface area (Å²) >= 11 is 6.31. The van der Waals surface area contributed by atoms with Crippen LogP contribution in [-0.2, 0) is 27.2 Å². The lowest BCUT2D eigenvalue weighted by Crippen LogP contribution is -2.35. The number of anilines is 1. The van der Waals surface area contributed by atoms with Gasteiger partial charge in [-0.3, -0.25) is 9.59 Å². The van der Waals surface area contributed by atoms with Gasteiger partial charge in [0, 0.05) is 45.0 Å². The smallest absolute Gasteiger partial charge is 0.309 e. The number of amides is 1. The molecular formula is C30H41ClN2O4. The van der Waals surface area contributed by atoms with Gasteiger partial charge in [-0.2, -0.15) is 0 Å². The van der Waals surface area contributed by atoms with Gasteiger partial charge in [-0.25, -0.2) is 0 Å². The molecule has 7 heteroatoms. The third-order valence-corrected chi connectivity index (χ3v) is 7.45. The van der Waals surface area contributed by atoms with Crippen molar-refractivity contribution in [1.29, 1.82) is 0 Å². The zero-order valence-corrected chi connectivity index (χ0v) is 23.6. The first-order chi connectivity index (χ1) is 17.7. The third kappa shape index (κ3) is 8.13. The van der Waals surface area contributed by atoms with E-state index in [1.807, 2.05) is 18.2 Å². The van der Waals surface area contributed by atoms with Crippen LogP contribution in [0.3, 0.4) is 0 Å². The summed E-state index contributed by atoms with van der Waals surface area (Å²) in [4.78, 5) is 25.9. The molecule has 1 fully saturated rings. The first-order valence-electron chi connectivity index (χ1n) is 13.3. The fraction of sp³-hybridized carbons (Fsp3) is 0.533. The van der Waals surface area contributed by atoms with E-state index in [4.69, 9.17) is 21.1 Å². The van der Waals surface area contributed by atoms with Gasteiger partial charge in [0.15, 0.2) is 0 Å². The second-order valence-corrected chi connectivity index (χ2v) is 10.7. The molecule has 202 valence electrons. The molecule has 1 atom stereocenters. The molecule has 1 heterocycles. The average molecular weight is 529 g/mol. The largest absolute Gasteiger partial charge is 0.491 e. The predicted octanol–water partition coefficient (Wildman–Crippen LogP) is 5.89. The summed E-state index contributed by atoms with van der Waals surface area (Å²) in [6.07, 6.45) is 6.30. The summed E-state index contributed by atoms with van der Waals surface area (Å²) in [7, 11) is 4.88. The average Bonchev–Trinajstić information content (AvgIpc) is 3.01. The maximum absolute atomic E-state index is 11.8. The summed E-state index contributed by atoms with van der Waals surface area (Å²) in [6, 6.07) is 12.4. The Kier molecular flexibility index (Phi) is 10.7. The Morgan fingerprint density at radius 3 is 2.49 bits per heavy atom. The van der Waals surface area contributed by atoms with Gasteiger partial charge in [0.25, 0.3) is 0 Å². The number of carbonyl (C=O) groups excluding carboxylic acids is 2. The molecule has 0 saturated heterocycles. The Labute approximate surface area is 226 Å². The van der Waals surface area contributed by atoms with Crippen LogP contribution in [0.25, 0.3) is 0 Å². The van der Waals surface area contributed by atoms with Crippen LogP contribution in [0.15, 0.2) is 36.4 Å². The van der Waals surface area contributed by atoms with Crippen LogP contribution < -0.4 is 9.64 Å². The van der Waals surface area contributed by atoms with Crippen molar-refractivity contribution in [3.05, 3.63) is 58.1 Å². The summed E-state index contributed by atoms with van der Waals surface area (Å²) in [5, 5.41) is 0.795. The van der Waals surface area contributed by atoms with Crippen molar-refractivity contribution in [3.8, 4) is 5.75 Å². The van der Waals surface area contributed by atoms with E-state index < -0.39 is 0 Å². The van der Waals surface area contributed by atoms with E-state index in [1.54, 1.807) is 14.1 Å². The molecule has 1 aliphatic carbocycles. The number of methoxy groups -OCH3 is 1. The fourth-order valence-corrected chi connectivity index (χ4v) is 4.89. The highest BCUT2D eigenvalue weighted by molar-refractivity contribution is 6.30. The number of esters is 1. The number of aryl methyl sites for hydroxylation is 1. The van der Waals surface area contributed by atoms with Crippen LogP contribution in [0.2, 0.25) is 5.02 Å². The first-order valence-corrected chi connectivity index (χ1v) is 13.6. The van der Waals surface area contributed by atoms with Crippen LogP contribution in [0, 0.1) is 5.92 Å². The predicted molar refractivity (Wildman–Crippen MR) is 150 cm³/mol. The van der Waals surface area contributed by atoms with E-state index in [1.165, 1.54) is 49.3 Å². The highest BCUT2D eigenvalue weighted by Gasteiger charge is 2.29. The molecule has 0 aromatic heterocycles. The summed E-state index contributed by atoms with van der Waals surface area (Å²) in [5.41, 5.74) is 4.73. The molecule has 0 radical (unpaired) electrons. The zero-order chi connectivity index (χ0) is 26.9. The third-order valence-electron chi connectivity index (χ3n) is 7.22. The first kappa shape index (κ1) is 28.8. The Balaban J connectivity index is 0.000000568. The molecule has 2 aromatic rings. The van der Waals surface area contributed by atoms with E-state index >= 15 is 0 Å². The van der Waals surface area contributed by atoms with Crippen LogP contribution in [0.4, 0.5) is 5.69 Å². The second kappa shape index (κ2) is 13.7. The van der Waals surface area contributed by atoms with E-state index in [2.05, 4.69) is 30.0 Å². The Morgan fingerprint density at radius 1 is 1.16 bits per heavy atom. The van der Waals surface area contributed by atoms with Gasteiger partial charge in [0.1, 0.15) is 5.75 Å². The van der Waals surface area contributed by atoms with Crippen LogP contribution in [-0.4, -0.2) is 57.7 Å². The molecule has 1 unspecified atom stereocenters. The summed E-state index contributed by atoms with van der Waals surface area (Å²) in [6.45, 7) is 6.31. The van der Waals surface area contributed by atoms with Crippen LogP contribution in [0.5, 0.6) is 5.75 Å². The molecule has 1 aliphatic heterocycles. The van der Waals surface area contributed by atoms with Gasteiger partial charge in [-0.05, 0) is 66.1 Å². The van der Waals surface area contributed by atoms with Gasteiger partial charge in [-0.15, -0.1) is 0 Å². The van der Waals surface area contributed by atoms with Crippen molar-refractivity contribution in [3.63, 3.8) is 0 Å². The van der Waals surface area contributed by atoms with E-state index in [9.17, 15) is 9.59 Å². The standard InChI is InChI=1S/C26H32ClNO3.C4H9NO/c1-3-5-20-14-22(27)9-10-23(20)21-16-28(15-18-6-4-7-18)24-12-19(13-26(29)30-2)8-11-25(24)31-17-21;1-4(6)5(2)3/h8-12,14,18,21H,3-7,13,15-17H2,1-2H3;1-3H3. The molecular weight excluding hydrogens is 488 g/mol. The molecule has 0 N–H and O–H groups in total. The fourth-order valence-electron chi connectivity index (χ4n) is 4.69. The van der Waals surface area contributed by atoms with Crippen molar-refractivity contribution in [1.82, 2.24) is 4.90 Å². The van der Waals surface area contributed by atoms with E-state index in [0.717, 1.165) is 53.9 Å². The van der Waals surface area contributed by atoms with E-state index in [-0.39, 0.29) is 24.2 Å². The molecule has 6 nitrogen and oxygen atoms in total. The lowest BCUT2D eigenvalue weighted by Gasteiger charge is -2.35. The monoisotopic (exact) mass is 528 g/mol. The van der Waals surface area contributed by atoms with E-state index in [0.29, 0.717) is 6.61 Å². The molecule has 1 amide bonds. The number of fused-ring (bicyclic) bond motifs is 1. The highest BCUT2D eigenvalue weighted by Crippen LogP contribution is 2.39. The lowest BCUT2D eigenvalue weighted by atomic mass is 9.84. The second-order valence-electron chi connectivity index (χ2n) is 10.3. The molecule has 37 heavy (non-hydrogen) atoms. The molecule has 1 saturated carbocycles. The van der Waals surface area contributed by atoms with Crippen molar-refractivity contribution < 1.29 is 19.1 Å². The lowest BCUT2D eigenvalue weighted by molar-refractivity contribution is -0.139. The topological polar surface area (TPSA) is 59.1 Å². The van der Waals surface area contributed by atoms with Crippen molar-refractivity contribution >= 4 is 29.2 Å². The minimum atomic E-state index is -0.219. The molecule has 4 rings (SSSR count). The quantitative estimate of drug-likeness (QED) is 0.420. The van der Waals surface area contributed by atoms with Crippen LogP contribution >= 0.6 is 11.6 Å². The molecule has 0 bridgehead atoms. The van der Waals surface area contributed by atoms with Crippen molar-refractivity contribution in [2.45, 2.75) is 58.3 Å². The van der Waals surface area contributed by atoms with Gasteiger partial charge < -0.3 is 19.3 Å². The number of rotatable bonds is 7. The molecule has 0 spiro atoms. The Hall–Kier alpha value is -2.73. The van der Waals surface area contributed by atoms with Gasteiger partial charge in [0.05, 0.1) is 25.8 Å². The normalized spacial score (nSPS) is 16.8. The summed E-state index contributed by atoms with van der Waals surface area (Å²) in [5.74, 6) is 1.78. The minimum Gasteiger partial charge on any atom is -0.491 e. The Bertz CT molecular complexity index is 1070. The number of carbonyl (C=O) groups is 2. The van der Waals surface area contributed by atoms with Gasteiger partial charge in [-0.1, -0.05) is 43.5 Å². The number of nitrogens with zero attached hydrogens (tertiary/aromatic N) is 2. The number of ether oxygens (including phenoxy) is 2. The highest BCUT2D eigenvalue weighted by atomic mass is 35.5. The minimum absolute atomic E-state index is 0.0926. The maximum atomic E-state index is 11.8.